The Labute approximate surface area is 127 Å². The summed E-state index contributed by atoms with van der Waals surface area (Å²) in [6.45, 7) is 1.67. The van der Waals surface area contributed by atoms with E-state index in [2.05, 4.69) is 5.32 Å². The number of ether oxygens (including phenoxy) is 1. The van der Waals surface area contributed by atoms with Crippen molar-refractivity contribution in [2.24, 2.45) is 0 Å². The molecule has 2 aromatic rings. The highest BCUT2D eigenvalue weighted by atomic mass is 16.5. The summed E-state index contributed by atoms with van der Waals surface area (Å²) < 4.78 is 5.32. The molecule has 0 bridgehead atoms. The van der Waals surface area contributed by atoms with Crippen molar-refractivity contribution in [3.8, 4) is 5.75 Å². The smallest absolute Gasteiger partial charge is 0.335 e. The van der Waals surface area contributed by atoms with Crippen molar-refractivity contribution in [1.82, 2.24) is 0 Å². The molecule has 6 nitrogen and oxygen atoms in total. The van der Waals surface area contributed by atoms with Crippen molar-refractivity contribution in [1.29, 1.82) is 0 Å². The number of anilines is 2. The van der Waals surface area contributed by atoms with E-state index in [-0.39, 0.29) is 29.5 Å². The number of benzene rings is 2. The summed E-state index contributed by atoms with van der Waals surface area (Å²) in [5.41, 5.74) is 7.59. The Morgan fingerprint density at radius 3 is 2.59 bits per heavy atom. The maximum Gasteiger partial charge on any atom is 0.335 e. The lowest BCUT2D eigenvalue weighted by atomic mass is 10.2. The highest BCUT2D eigenvalue weighted by Gasteiger charge is 2.09. The number of nitrogens with two attached hydrogens (primary N) is 1. The number of rotatable bonds is 5. The van der Waals surface area contributed by atoms with Crippen molar-refractivity contribution < 1.29 is 19.4 Å². The van der Waals surface area contributed by atoms with Gasteiger partial charge in [-0.1, -0.05) is 18.2 Å². The lowest BCUT2D eigenvalue weighted by molar-refractivity contribution is -0.118. The van der Waals surface area contributed by atoms with Crippen LogP contribution in [0.25, 0.3) is 0 Å². The molecule has 0 saturated heterocycles. The molecule has 0 aliphatic rings. The Hall–Kier alpha value is -3.02. The summed E-state index contributed by atoms with van der Waals surface area (Å²) in [5, 5.41) is 11.6. The summed E-state index contributed by atoms with van der Waals surface area (Å²) in [5.74, 6) is -1.13. The molecule has 114 valence electrons. The number of para-hydroxylation sites is 1. The summed E-state index contributed by atoms with van der Waals surface area (Å²) in [6.07, 6.45) is 0. The normalized spacial score (nSPS) is 10.0. The van der Waals surface area contributed by atoms with Crippen molar-refractivity contribution in [2.45, 2.75) is 6.92 Å². The highest BCUT2D eigenvalue weighted by Crippen LogP contribution is 2.22. The topological polar surface area (TPSA) is 102 Å². The average molecular weight is 300 g/mol. The third-order valence-electron chi connectivity index (χ3n) is 3.03. The van der Waals surface area contributed by atoms with Gasteiger partial charge in [0.05, 0.1) is 11.3 Å². The van der Waals surface area contributed by atoms with Gasteiger partial charge in [0.25, 0.3) is 5.91 Å². The minimum Gasteiger partial charge on any atom is -0.482 e. The zero-order valence-electron chi connectivity index (χ0n) is 12.0. The Kier molecular flexibility index (Phi) is 4.63. The van der Waals surface area contributed by atoms with Gasteiger partial charge in [-0.25, -0.2) is 4.79 Å². The van der Waals surface area contributed by atoms with Crippen molar-refractivity contribution >= 4 is 23.3 Å². The standard InChI is InChI=1S/C16H16N2O4/c1-10-4-2-3-5-13(10)18-15(19)9-22-14-7-6-11(16(20)21)8-12(14)17/h2-8H,9,17H2,1H3,(H,18,19)(H,20,21). The van der Waals surface area contributed by atoms with E-state index in [4.69, 9.17) is 15.6 Å². The summed E-state index contributed by atoms with van der Waals surface area (Å²) in [6, 6.07) is 11.5. The van der Waals surface area contributed by atoms with Gasteiger partial charge >= 0.3 is 5.97 Å². The Bertz CT molecular complexity index is 713. The fourth-order valence-electron chi connectivity index (χ4n) is 1.86. The van der Waals surface area contributed by atoms with Crippen LogP contribution in [0.5, 0.6) is 5.75 Å². The van der Waals surface area contributed by atoms with Crippen LogP contribution in [0, 0.1) is 6.92 Å². The van der Waals surface area contributed by atoms with E-state index >= 15 is 0 Å². The molecule has 22 heavy (non-hydrogen) atoms. The molecule has 4 N–H and O–H groups in total. The number of aromatic carboxylic acids is 1. The fraction of sp³-hybridized carbons (Fsp3) is 0.125. The van der Waals surface area contributed by atoms with Crippen LogP contribution in [0.3, 0.4) is 0 Å². The third kappa shape index (κ3) is 3.76. The van der Waals surface area contributed by atoms with Crippen LogP contribution in [0.2, 0.25) is 0 Å². The van der Waals surface area contributed by atoms with E-state index in [9.17, 15) is 9.59 Å². The van der Waals surface area contributed by atoms with Gasteiger partial charge in [0, 0.05) is 5.69 Å². The molecule has 0 atom stereocenters. The summed E-state index contributed by atoms with van der Waals surface area (Å²) in [7, 11) is 0. The van der Waals surface area contributed by atoms with E-state index in [0.29, 0.717) is 5.69 Å². The maximum atomic E-state index is 11.9. The predicted molar refractivity (Wildman–Crippen MR) is 83.1 cm³/mol. The SMILES string of the molecule is Cc1ccccc1NC(=O)COc1ccc(C(=O)O)cc1N. The number of carboxylic acids is 1. The van der Waals surface area contributed by atoms with Gasteiger partial charge in [-0.15, -0.1) is 0 Å². The van der Waals surface area contributed by atoms with Crippen LogP contribution in [0.15, 0.2) is 42.5 Å². The van der Waals surface area contributed by atoms with E-state index in [1.165, 1.54) is 18.2 Å². The molecule has 6 heteroatoms. The van der Waals surface area contributed by atoms with E-state index < -0.39 is 5.97 Å². The molecule has 1 amide bonds. The Morgan fingerprint density at radius 2 is 1.95 bits per heavy atom. The molecule has 0 aliphatic carbocycles. The molecular weight excluding hydrogens is 284 g/mol. The van der Waals surface area contributed by atoms with Gasteiger partial charge < -0.3 is 20.9 Å². The molecule has 0 radical (unpaired) electrons. The molecule has 0 aromatic heterocycles. The number of nitrogens with one attached hydrogen (secondary N) is 1. The maximum absolute atomic E-state index is 11.9. The van der Waals surface area contributed by atoms with Gasteiger partial charge in [0.15, 0.2) is 6.61 Å². The van der Waals surface area contributed by atoms with Gasteiger partial charge in [-0.3, -0.25) is 4.79 Å². The highest BCUT2D eigenvalue weighted by molar-refractivity contribution is 5.93. The van der Waals surface area contributed by atoms with Gasteiger partial charge in [0.2, 0.25) is 0 Å². The third-order valence-corrected chi connectivity index (χ3v) is 3.03. The first-order valence-electron chi connectivity index (χ1n) is 6.58. The number of hydrogen-bond donors (Lipinski definition) is 3. The molecule has 0 spiro atoms. The first-order valence-corrected chi connectivity index (χ1v) is 6.58. The number of amides is 1. The van der Waals surface area contributed by atoms with Crippen LogP contribution in [0.4, 0.5) is 11.4 Å². The molecule has 0 unspecified atom stereocenters. The predicted octanol–water partition coefficient (Wildman–Crippen LogP) is 2.29. The number of aryl methyl sites for hydroxylation is 1. The van der Waals surface area contributed by atoms with Crippen molar-refractivity contribution in [3.05, 3.63) is 53.6 Å². The second-order valence-electron chi connectivity index (χ2n) is 4.71. The van der Waals surface area contributed by atoms with Crippen molar-refractivity contribution in [3.63, 3.8) is 0 Å². The second kappa shape index (κ2) is 6.62. The van der Waals surface area contributed by atoms with Crippen molar-refractivity contribution in [2.75, 3.05) is 17.7 Å². The number of carbonyl (C=O) groups excluding carboxylic acids is 1. The Morgan fingerprint density at radius 1 is 1.23 bits per heavy atom. The largest absolute Gasteiger partial charge is 0.482 e. The van der Waals surface area contributed by atoms with Crippen LogP contribution >= 0.6 is 0 Å². The fourth-order valence-corrected chi connectivity index (χ4v) is 1.86. The first-order chi connectivity index (χ1) is 10.5. The number of carbonyl (C=O) groups is 2. The monoisotopic (exact) mass is 300 g/mol. The molecule has 0 aliphatic heterocycles. The zero-order chi connectivity index (χ0) is 16.1. The van der Waals surface area contributed by atoms with Crippen LogP contribution < -0.4 is 15.8 Å². The Balaban J connectivity index is 1.97. The molecule has 2 rings (SSSR count). The quantitative estimate of drug-likeness (QED) is 0.735. The molecule has 2 aromatic carbocycles. The molecule has 0 saturated carbocycles. The van der Waals surface area contributed by atoms with Crippen LogP contribution in [0.1, 0.15) is 15.9 Å². The van der Waals surface area contributed by atoms with E-state index in [1.807, 2.05) is 25.1 Å². The lowest BCUT2D eigenvalue weighted by Crippen LogP contribution is -2.21. The zero-order valence-corrected chi connectivity index (χ0v) is 12.0. The summed E-state index contributed by atoms with van der Waals surface area (Å²) >= 11 is 0. The van der Waals surface area contributed by atoms with E-state index in [0.717, 1.165) is 5.56 Å². The van der Waals surface area contributed by atoms with Crippen LogP contribution in [-0.4, -0.2) is 23.6 Å². The lowest BCUT2D eigenvalue weighted by Gasteiger charge is -2.11. The van der Waals surface area contributed by atoms with Gasteiger partial charge in [-0.2, -0.15) is 0 Å². The van der Waals surface area contributed by atoms with Gasteiger partial charge in [-0.05, 0) is 36.8 Å². The molecule has 0 heterocycles. The average Bonchev–Trinajstić information content (AvgIpc) is 2.48. The van der Waals surface area contributed by atoms with Crippen LogP contribution in [-0.2, 0) is 4.79 Å². The minimum atomic E-state index is -1.07. The number of hydrogen-bond acceptors (Lipinski definition) is 4. The molecule has 0 fully saturated rings. The first kappa shape index (κ1) is 15.4. The van der Waals surface area contributed by atoms with Gasteiger partial charge in [0.1, 0.15) is 5.75 Å². The number of nitrogen functional groups attached to an aromatic ring is 1. The molecular formula is C16H16N2O4. The minimum absolute atomic E-state index is 0.0641. The second-order valence-corrected chi connectivity index (χ2v) is 4.71. The van der Waals surface area contributed by atoms with E-state index in [1.54, 1.807) is 6.07 Å². The summed E-state index contributed by atoms with van der Waals surface area (Å²) in [4.78, 5) is 22.7. The number of carboxylic acid groups (broad SMARTS) is 1.